The summed E-state index contributed by atoms with van der Waals surface area (Å²) < 4.78 is 0. The third-order valence-electron chi connectivity index (χ3n) is 3.12. The Bertz CT molecular complexity index is 803. The van der Waals surface area contributed by atoms with E-state index < -0.39 is 0 Å². The molecule has 0 saturated carbocycles. The van der Waals surface area contributed by atoms with Gasteiger partial charge in [-0.2, -0.15) is 0 Å². The second-order valence-electron chi connectivity index (χ2n) is 4.55. The van der Waals surface area contributed by atoms with Crippen LogP contribution in [0, 0.1) is 0 Å². The average molecular weight is 314 g/mol. The number of pyridine rings is 1. The molecular formula is C17H12ClNOS. The van der Waals surface area contributed by atoms with Crippen LogP contribution in [0.1, 0.15) is 10.4 Å². The van der Waals surface area contributed by atoms with Crippen molar-refractivity contribution in [1.82, 2.24) is 4.98 Å². The molecule has 0 unspecified atom stereocenters. The quantitative estimate of drug-likeness (QED) is 0.509. The summed E-state index contributed by atoms with van der Waals surface area (Å²) in [5.74, 6) is 0.440. The number of benzene rings is 2. The molecule has 0 spiro atoms. The van der Waals surface area contributed by atoms with Crippen molar-refractivity contribution in [3.05, 3.63) is 71.4 Å². The van der Waals surface area contributed by atoms with Crippen LogP contribution >= 0.6 is 23.4 Å². The molecule has 0 N–H and O–H groups in total. The molecule has 0 aliphatic heterocycles. The van der Waals surface area contributed by atoms with Gasteiger partial charge in [0.15, 0.2) is 5.78 Å². The van der Waals surface area contributed by atoms with Gasteiger partial charge in [-0.3, -0.25) is 9.78 Å². The topological polar surface area (TPSA) is 30.0 Å². The maximum atomic E-state index is 12.3. The number of fused-ring (bicyclic) bond motifs is 1. The van der Waals surface area contributed by atoms with E-state index >= 15 is 0 Å². The number of nitrogens with zero attached hydrogens (tertiary/aromatic N) is 1. The van der Waals surface area contributed by atoms with Crippen LogP contribution in [0.4, 0.5) is 0 Å². The summed E-state index contributed by atoms with van der Waals surface area (Å²) in [7, 11) is 0. The third kappa shape index (κ3) is 3.26. The zero-order valence-corrected chi connectivity index (χ0v) is 12.7. The molecule has 0 aliphatic rings. The molecule has 104 valence electrons. The number of halogens is 1. The van der Waals surface area contributed by atoms with E-state index in [-0.39, 0.29) is 5.78 Å². The van der Waals surface area contributed by atoms with Gasteiger partial charge in [0, 0.05) is 22.0 Å². The van der Waals surface area contributed by atoms with E-state index in [0.29, 0.717) is 16.3 Å². The van der Waals surface area contributed by atoms with Crippen molar-refractivity contribution >= 4 is 40.0 Å². The van der Waals surface area contributed by atoms with E-state index in [0.717, 1.165) is 15.8 Å². The van der Waals surface area contributed by atoms with Gasteiger partial charge in [-0.05, 0) is 24.3 Å². The predicted molar refractivity (Wildman–Crippen MR) is 88.2 cm³/mol. The molecule has 2 nitrogen and oxygen atoms in total. The summed E-state index contributed by atoms with van der Waals surface area (Å²) in [6, 6.07) is 17.0. The Kier molecular flexibility index (Phi) is 4.23. The Labute approximate surface area is 132 Å². The summed E-state index contributed by atoms with van der Waals surface area (Å²) in [4.78, 5) is 17.5. The third-order valence-corrected chi connectivity index (χ3v) is 4.64. The Morgan fingerprint density at radius 2 is 1.95 bits per heavy atom. The molecule has 1 aromatic heterocycles. The van der Waals surface area contributed by atoms with E-state index in [4.69, 9.17) is 11.6 Å². The fourth-order valence-electron chi connectivity index (χ4n) is 2.03. The predicted octanol–water partition coefficient (Wildman–Crippen LogP) is 4.86. The van der Waals surface area contributed by atoms with Crippen LogP contribution in [-0.2, 0) is 0 Å². The van der Waals surface area contributed by atoms with Crippen LogP contribution in [0.3, 0.4) is 0 Å². The van der Waals surface area contributed by atoms with E-state index in [2.05, 4.69) is 4.98 Å². The Hall–Kier alpha value is -1.84. The van der Waals surface area contributed by atoms with Gasteiger partial charge in [-0.25, -0.2) is 0 Å². The summed E-state index contributed by atoms with van der Waals surface area (Å²) in [5, 5.41) is 1.71. The summed E-state index contributed by atoms with van der Waals surface area (Å²) >= 11 is 7.54. The fraction of sp³-hybridized carbons (Fsp3) is 0.0588. The smallest absolute Gasteiger partial charge is 0.173 e. The van der Waals surface area contributed by atoms with Gasteiger partial charge >= 0.3 is 0 Å². The number of aromatic nitrogens is 1. The van der Waals surface area contributed by atoms with E-state index in [1.165, 1.54) is 11.8 Å². The molecular weight excluding hydrogens is 302 g/mol. The number of hydrogen-bond acceptors (Lipinski definition) is 3. The number of carbonyl (C=O) groups excluding carboxylic acids is 1. The normalized spacial score (nSPS) is 10.7. The van der Waals surface area contributed by atoms with Gasteiger partial charge in [-0.1, -0.05) is 41.9 Å². The number of carbonyl (C=O) groups is 1. The lowest BCUT2D eigenvalue weighted by atomic mass is 10.1. The summed E-state index contributed by atoms with van der Waals surface area (Å²) in [6.07, 6.45) is 1.73. The zero-order chi connectivity index (χ0) is 14.7. The number of hydrogen-bond donors (Lipinski definition) is 0. The second kappa shape index (κ2) is 6.29. The minimum Gasteiger partial charge on any atom is -0.293 e. The first-order valence-corrected chi connectivity index (χ1v) is 7.86. The maximum absolute atomic E-state index is 12.3. The lowest BCUT2D eigenvalue weighted by Crippen LogP contribution is -2.02. The first kappa shape index (κ1) is 14.1. The standard InChI is InChI=1S/C17H12ClNOS/c18-14-5-1-2-6-17(14)21-11-16(20)13-8-7-12-4-3-9-19-15(12)10-13/h1-10H,11H2. The van der Waals surface area contributed by atoms with Gasteiger partial charge in [0.25, 0.3) is 0 Å². The molecule has 0 fully saturated rings. The van der Waals surface area contributed by atoms with E-state index in [1.807, 2.05) is 54.6 Å². The molecule has 21 heavy (non-hydrogen) atoms. The first-order valence-electron chi connectivity index (χ1n) is 6.49. The summed E-state index contributed by atoms with van der Waals surface area (Å²) in [6.45, 7) is 0. The van der Waals surface area contributed by atoms with Crippen molar-refractivity contribution in [1.29, 1.82) is 0 Å². The molecule has 1 heterocycles. The molecule has 0 bridgehead atoms. The average Bonchev–Trinajstić information content (AvgIpc) is 2.53. The molecule has 0 aliphatic carbocycles. The molecule has 3 rings (SSSR count). The SMILES string of the molecule is O=C(CSc1ccccc1Cl)c1ccc2cccnc2c1. The van der Waals surface area contributed by atoms with Crippen LogP contribution in [0.5, 0.6) is 0 Å². The lowest BCUT2D eigenvalue weighted by Gasteiger charge is -2.04. The number of Topliss-reactive ketones (excluding diaryl/α,β-unsaturated/α-hetero) is 1. The van der Waals surface area contributed by atoms with Crippen LogP contribution in [-0.4, -0.2) is 16.5 Å². The second-order valence-corrected chi connectivity index (χ2v) is 5.98. The molecule has 0 radical (unpaired) electrons. The highest BCUT2D eigenvalue weighted by Crippen LogP contribution is 2.27. The van der Waals surface area contributed by atoms with Crippen molar-refractivity contribution in [3.63, 3.8) is 0 Å². The molecule has 2 aromatic carbocycles. The zero-order valence-electron chi connectivity index (χ0n) is 11.1. The van der Waals surface area contributed by atoms with Gasteiger partial charge in [-0.15, -0.1) is 11.8 Å². The van der Waals surface area contributed by atoms with E-state index in [1.54, 1.807) is 6.20 Å². The molecule has 3 aromatic rings. The van der Waals surface area contributed by atoms with Crippen molar-refractivity contribution in [3.8, 4) is 0 Å². The van der Waals surface area contributed by atoms with Crippen LogP contribution in [0.25, 0.3) is 10.9 Å². The fourth-order valence-corrected chi connectivity index (χ4v) is 3.16. The Morgan fingerprint density at radius 3 is 2.81 bits per heavy atom. The van der Waals surface area contributed by atoms with Gasteiger partial charge in [0.2, 0.25) is 0 Å². The highest BCUT2D eigenvalue weighted by atomic mass is 35.5. The molecule has 0 saturated heterocycles. The van der Waals surface area contributed by atoms with Gasteiger partial charge < -0.3 is 0 Å². The molecule has 0 amide bonds. The minimum absolute atomic E-state index is 0.0764. The van der Waals surface area contributed by atoms with Crippen LogP contribution in [0.15, 0.2) is 65.7 Å². The van der Waals surface area contributed by atoms with Gasteiger partial charge in [0.05, 0.1) is 16.3 Å². The minimum atomic E-state index is 0.0764. The van der Waals surface area contributed by atoms with Crippen molar-refractivity contribution in [2.45, 2.75) is 4.90 Å². The van der Waals surface area contributed by atoms with E-state index in [9.17, 15) is 4.79 Å². The van der Waals surface area contributed by atoms with Crippen LogP contribution < -0.4 is 0 Å². The highest BCUT2D eigenvalue weighted by Gasteiger charge is 2.09. The Balaban J connectivity index is 1.76. The largest absolute Gasteiger partial charge is 0.293 e. The van der Waals surface area contributed by atoms with Crippen LogP contribution in [0.2, 0.25) is 5.02 Å². The lowest BCUT2D eigenvalue weighted by molar-refractivity contribution is 0.102. The maximum Gasteiger partial charge on any atom is 0.173 e. The summed E-state index contributed by atoms with van der Waals surface area (Å²) in [5.41, 5.74) is 1.52. The van der Waals surface area contributed by atoms with Crippen molar-refractivity contribution in [2.24, 2.45) is 0 Å². The molecule has 4 heteroatoms. The first-order chi connectivity index (χ1) is 10.2. The van der Waals surface area contributed by atoms with Crippen molar-refractivity contribution in [2.75, 3.05) is 5.75 Å². The van der Waals surface area contributed by atoms with Crippen molar-refractivity contribution < 1.29 is 4.79 Å². The molecule has 0 atom stereocenters. The number of thioether (sulfide) groups is 1. The Morgan fingerprint density at radius 1 is 1.10 bits per heavy atom. The van der Waals surface area contributed by atoms with Gasteiger partial charge in [0.1, 0.15) is 0 Å². The number of rotatable bonds is 4. The monoisotopic (exact) mass is 313 g/mol. The highest BCUT2D eigenvalue weighted by molar-refractivity contribution is 8.00. The number of ketones is 1.